The van der Waals surface area contributed by atoms with Gasteiger partial charge in [0.15, 0.2) is 5.17 Å². The minimum atomic E-state index is -0.520. The maximum atomic E-state index is 13.0. The Morgan fingerprint density at radius 3 is 2.52 bits per heavy atom. The molecule has 0 radical (unpaired) electrons. The number of nitrogens with zero attached hydrogens (tertiary/aromatic N) is 2. The van der Waals surface area contributed by atoms with E-state index in [1.165, 1.54) is 36.0 Å². The van der Waals surface area contributed by atoms with Crippen molar-refractivity contribution in [2.75, 3.05) is 12.4 Å². The van der Waals surface area contributed by atoms with E-state index in [0.717, 1.165) is 24.3 Å². The molecule has 1 atom stereocenters. The van der Waals surface area contributed by atoms with Crippen molar-refractivity contribution in [3.63, 3.8) is 0 Å². The zero-order valence-electron chi connectivity index (χ0n) is 15.8. The SMILES string of the molecule is COc1ccc(N=C2S[C@@H](CC(=O)Nc3ccc(F)cc3)C(=O)N2C2CC2)cc1. The molecule has 0 unspecified atom stereocenters. The Morgan fingerprint density at radius 1 is 1.21 bits per heavy atom. The van der Waals surface area contributed by atoms with E-state index in [-0.39, 0.29) is 30.1 Å². The molecule has 2 fully saturated rings. The lowest BCUT2D eigenvalue weighted by Gasteiger charge is -2.15. The third-order valence-corrected chi connectivity index (χ3v) is 5.83. The Kier molecular flexibility index (Phi) is 5.53. The van der Waals surface area contributed by atoms with Gasteiger partial charge in [0.25, 0.3) is 0 Å². The van der Waals surface area contributed by atoms with Gasteiger partial charge in [0.1, 0.15) is 16.8 Å². The zero-order valence-corrected chi connectivity index (χ0v) is 16.6. The molecule has 1 N–H and O–H groups in total. The number of amidine groups is 1. The highest BCUT2D eigenvalue weighted by Crippen LogP contribution is 2.39. The van der Waals surface area contributed by atoms with Gasteiger partial charge in [0.05, 0.1) is 12.8 Å². The van der Waals surface area contributed by atoms with Gasteiger partial charge in [-0.3, -0.25) is 14.5 Å². The predicted molar refractivity (Wildman–Crippen MR) is 111 cm³/mol. The number of halogens is 1. The van der Waals surface area contributed by atoms with E-state index in [0.29, 0.717) is 10.9 Å². The number of carbonyl (C=O) groups is 2. The second-order valence-electron chi connectivity index (χ2n) is 6.90. The summed E-state index contributed by atoms with van der Waals surface area (Å²) in [5, 5.41) is 2.82. The van der Waals surface area contributed by atoms with Crippen LogP contribution in [0.25, 0.3) is 0 Å². The van der Waals surface area contributed by atoms with Crippen molar-refractivity contribution in [1.82, 2.24) is 4.90 Å². The van der Waals surface area contributed by atoms with Gasteiger partial charge in [-0.05, 0) is 61.4 Å². The molecule has 1 aliphatic carbocycles. The van der Waals surface area contributed by atoms with Crippen molar-refractivity contribution in [3.05, 3.63) is 54.3 Å². The molecule has 8 heteroatoms. The molecule has 2 aromatic carbocycles. The molecule has 0 aromatic heterocycles. The molecule has 1 saturated heterocycles. The first-order valence-corrected chi connectivity index (χ1v) is 10.2. The normalized spacial score (nSPS) is 20.2. The largest absolute Gasteiger partial charge is 0.497 e. The highest BCUT2D eigenvalue weighted by Gasteiger charge is 2.46. The number of hydrogen-bond acceptors (Lipinski definition) is 5. The average molecular weight is 413 g/mol. The fourth-order valence-corrected chi connectivity index (χ4v) is 4.26. The van der Waals surface area contributed by atoms with Crippen LogP contribution in [0.2, 0.25) is 0 Å². The molecular weight excluding hydrogens is 393 g/mol. The van der Waals surface area contributed by atoms with E-state index in [9.17, 15) is 14.0 Å². The molecular formula is C21H20FN3O3S. The summed E-state index contributed by atoms with van der Waals surface area (Å²) in [5.74, 6) is -0.00889. The van der Waals surface area contributed by atoms with Crippen molar-refractivity contribution >= 4 is 40.1 Å². The molecule has 1 heterocycles. The average Bonchev–Trinajstić information content (AvgIpc) is 3.50. The first kappa shape index (κ1) is 19.4. The third kappa shape index (κ3) is 4.59. The number of carbonyl (C=O) groups excluding carboxylic acids is 2. The lowest BCUT2D eigenvalue weighted by Crippen LogP contribution is -2.35. The van der Waals surface area contributed by atoms with Gasteiger partial charge in [0.2, 0.25) is 11.8 Å². The Balaban J connectivity index is 1.47. The van der Waals surface area contributed by atoms with Crippen molar-refractivity contribution in [2.45, 2.75) is 30.6 Å². The fourth-order valence-electron chi connectivity index (χ4n) is 3.04. The number of hydrogen-bond donors (Lipinski definition) is 1. The van der Waals surface area contributed by atoms with Crippen LogP contribution in [0.3, 0.4) is 0 Å². The molecule has 29 heavy (non-hydrogen) atoms. The summed E-state index contributed by atoms with van der Waals surface area (Å²) in [7, 11) is 1.60. The van der Waals surface area contributed by atoms with Crippen LogP contribution in [0.4, 0.5) is 15.8 Å². The van der Waals surface area contributed by atoms with Crippen LogP contribution >= 0.6 is 11.8 Å². The van der Waals surface area contributed by atoms with Crippen molar-refractivity contribution in [3.8, 4) is 5.75 Å². The summed E-state index contributed by atoms with van der Waals surface area (Å²) < 4.78 is 18.2. The number of ether oxygens (including phenoxy) is 1. The number of rotatable bonds is 6. The highest BCUT2D eigenvalue weighted by atomic mass is 32.2. The molecule has 1 saturated carbocycles. The Hall–Kier alpha value is -2.87. The monoisotopic (exact) mass is 413 g/mol. The van der Waals surface area contributed by atoms with Crippen molar-refractivity contribution in [1.29, 1.82) is 0 Å². The maximum Gasteiger partial charge on any atom is 0.242 e. The zero-order chi connectivity index (χ0) is 20.4. The third-order valence-electron chi connectivity index (χ3n) is 4.67. The minimum absolute atomic E-state index is 0.0335. The van der Waals surface area contributed by atoms with Crippen LogP contribution in [0.1, 0.15) is 19.3 Å². The van der Waals surface area contributed by atoms with Crippen LogP contribution in [0.15, 0.2) is 53.5 Å². The number of amides is 2. The lowest BCUT2D eigenvalue weighted by molar-refractivity contribution is -0.128. The van der Waals surface area contributed by atoms with Gasteiger partial charge in [-0.15, -0.1) is 0 Å². The summed E-state index contributed by atoms with van der Waals surface area (Å²) in [4.78, 5) is 31.6. The van der Waals surface area contributed by atoms with Crippen LogP contribution < -0.4 is 10.1 Å². The van der Waals surface area contributed by atoms with Crippen LogP contribution in [-0.2, 0) is 9.59 Å². The highest BCUT2D eigenvalue weighted by molar-refractivity contribution is 8.15. The van der Waals surface area contributed by atoms with E-state index in [1.54, 1.807) is 12.0 Å². The molecule has 4 rings (SSSR count). The summed E-state index contributed by atoms with van der Waals surface area (Å²) in [5.41, 5.74) is 1.22. The van der Waals surface area contributed by atoms with Gasteiger partial charge in [-0.25, -0.2) is 9.38 Å². The van der Waals surface area contributed by atoms with E-state index in [4.69, 9.17) is 4.74 Å². The van der Waals surface area contributed by atoms with Gasteiger partial charge >= 0.3 is 0 Å². The molecule has 150 valence electrons. The molecule has 1 aliphatic heterocycles. The number of methoxy groups -OCH3 is 1. The molecule has 0 spiro atoms. The lowest BCUT2D eigenvalue weighted by atomic mass is 10.2. The van der Waals surface area contributed by atoms with E-state index >= 15 is 0 Å². The van der Waals surface area contributed by atoms with E-state index in [1.807, 2.05) is 24.3 Å². The molecule has 2 aromatic rings. The first-order valence-electron chi connectivity index (χ1n) is 9.31. The fraction of sp³-hybridized carbons (Fsp3) is 0.286. The quantitative estimate of drug-likeness (QED) is 0.778. The Morgan fingerprint density at radius 2 is 1.90 bits per heavy atom. The van der Waals surface area contributed by atoms with Crippen molar-refractivity contribution in [2.24, 2.45) is 4.99 Å². The standard InChI is InChI=1S/C21H20FN3O3S/c1-28-17-10-6-15(7-11-17)24-21-25(16-8-9-16)20(27)18(29-21)12-19(26)23-14-4-2-13(22)3-5-14/h2-7,10-11,16,18H,8-9,12H2,1H3,(H,23,26)/t18-/m0/s1. The van der Waals surface area contributed by atoms with Crippen LogP contribution in [0.5, 0.6) is 5.75 Å². The van der Waals surface area contributed by atoms with Crippen molar-refractivity contribution < 1.29 is 18.7 Å². The topological polar surface area (TPSA) is 71.0 Å². The molecule has 6 nitrogen and oxygen atoms in total. The van der Waals surface area contributed by atoms with E-state index < -0.39 is 5.25 Å². The molecule has 0 bridgehead atoms. The van der Waals surface area contributed by atoms with Gasteiger partial charge in [-0.2, -0.15) is 0 Å². The van der Waals surface area contributed by atoms with Gasteiger partial charge < -0.3 is 10.1 Å². The Labute approximate surface area is 172 Å². The van der Waals surface area contributed by atoms with Gasteiger partial charge in [0, 0.05) is 18.2 Å². The van der Waals surface area contributed by atoms with Crippen LogP contribution in [0, 0.1) is 5.82 Å². The number of benzene rings is 2. The second-order valence-corrected chi connectivity index (χ2v) is 8.07. The van der Waals surface area contributed by atoms with Gasteiger partial charge in [-0.1, -0.05) is 11.8 Å². The van der Waals surface area contributed by atoms with E-state index in [2.05, 4.69) is 10.3 Å². The number of aliphatic imine (C=N–C) groups is 1. The first-order chi connectivity index (χ1) is 14.0. The predicted octanol–water partition coefficient (Wildman–Crippen LogP) is 3.96. The number of anilines is 1. The van der Waals surface area contributed by atoms with Crippen LogP contribution in [-0.4, -0.2) is 40.3 Å². The maximum absolute atomic E-state index is 13.0. The number of thioether (sulfide) groups is 1. The summed E-state index contributed by atoms with van der Waals surface area (Å²) in [6.45, 7) is 0. The minimum Gasteiger partial charge on any atom is -0.497 e. The summed E-state index contributed by atoms with van der Waals surface area (Å²) >= 11 is 1.32. The molecule has 2 aliphatic rings. The molecule has 2 amide bonds. The summed E-state index contributed by atoms with van der Waals surface area (Å²) in [6, 6.07) is 13.0. The smallest absolute Gasteiger partial charge is 0.242 e. The Bertz CT molecular complexity index is 943. The number of nitrogens with one attached hydrogen (secondary N) is 1. The second kappa shape index (κ2) is 8.24. The summed E-state index contributed by atoms with van der Waals surface area (Å²) in [6.07, 6.45) is 1.93.